The highest BCUT2D eigenvalue weighted by Crippen LogP contribution is 2.26. The third-order valence-electron chi connectivity index (χ3n) is 3.53. The highest BCUT2D eigenvalue weighted by molar-refractivity contribution is 6.20. The predicted octanol–water partition coefficient (Wildman–Crippen LogP) is 5.30. The smallest absolute Gasteiger partial charge is 0.151 e. The van der Waals surface area contributed by atoms with Gasteiger partial charge in [0, 0.05) is 6.54 Å². The van der Waals surface area contributed by atoms with Gasteiger partial charge in [0.1, 0.15) is 11.3 Å². The molecule has 0 fully saturated rings. The summed E-state index contributed by atoms with van der Waals surface area (Å²) in [6.07, 6.45) is 3.45. The Hall–Kier alpha value is -1.09. The second kappa shape index (κ2) is 6.57. The predicted molar refractivity (Wildman–Crippen MR) is 82.6 cm³/mol. The molecule has 4 heteroatoms. The van der Waals surface area contributed by atoms with Crippen LogP contribution in [-0.4, -0.2) is 9.55 Å². The molecule has 0 aliphatic carbocycles. The Morgan fingerprint density at radius 1 is 1.25 bits per heavy atom. The van der Waals surface area contributed by atoms with Crippen molar-refractivity contribution >= 4 is 22.6 Å². The number of aryl methyl sites for hydroxylation is 1. The first-order valence-corrected chi connectivity index (χ1v) is 7.73. The zero-order valence-corrected chi connectivity index (χ0v) is 13.1. The normalized spacial score (nSPS) is 13.3. The van der Waals surface area contributed by atoms with Crippen LogP contribution in [-0.2, 0) is 6.54 Å². The number of halogens is 2. The number of hydrogen-bond acceptors (Lipinski definition) is 1. The number of fused-ring (bicyclic) bond motifs is 1. The average molecular weight is 297 g/mol. The summed E-state index contributed by atoms with van der Waals surface area (Å²) < 4.78 is 15.9. The third-order valence-corrected chi connectivity index (χ3v) is 3.72. The molecule has 2 nitrogen and oxygen atoms in total. The van der Waals surface area contributed by atoms with Gasteiger partial charge in [-0.15, -0.1) is 11.6 Å². The van der Waals surface area contributed by atoms with Crippen molar-refractivity contribution in [3.63, 3.8) is 0 Å². The molecule has 0 saturated carbocycles. The summed E-state index contributed by atoms with van der Waals surface area (Å²) in [5, 5.41) is -0.216. The van der Waals surface area contributed by atoms with Crippen LogP contribution in [0.2, 0.25) is 0 Å². The first-order valence-electron chi connectivity index (χ1n) is 7.29. The van der Waals surface area contributed by atoms with Gasteiger partial charge in [0.2, 0.25) is 0 Å². The Labute approximate surface area is 125 Å². The first-order chi connectivity index (χ1) is 9.50. The van der Waals surface area contributed by atoms with Gasteiger partial charge in [0.25, 0.3) is 0 Å². The largest absolute Gasteiger partial charge is 0.327 e. The maximum absolute atomic E-state index is 13.8. The third kappa shape index (κ3) is 3.32. The molecule has 0 N–H and O–H groups in total. The molecule has 0 amide bonds. The molecule has 0 spiro atoms. The van der Waals surface area contributed by atoms with Crippen LogP contribution >= 0.6 is 11.6 Å². The van der Waals surface area contributed by atoms with Crippen LogP contribution in [0.4, 0.5) is 4.39 Å². The fourth-order valence-electron chi connectivity index (χ4n) is 2.49. The van der Waals surface area contributed by atoms with Gasteiger partial charge in [-0.25, -0.2) is 9.37 Å². The van der Waals surface area contributed by atoms with Crippen molar-refractivity contribution in [2.45, 2.75) is 52.0 Å². The zero-order chi connectivity index (χ0) is 14.7. The van der Waals surface area contributed by atoms with Crippen molar-refractivity contribution in [3.8, 4) is 0 Å². The molecule has 2 rings (SSSR count). The van der Waals surface area contributed by atoms with E-state index in [0.29, 0.717) is 5.52 Å². The standard InChI is InChI=1S/C16H22ClFN2/c1-11(2)7-4-5-10-20-14-9-6-8-13(18)15(14)19-16(20)12(3)17/h6,8-9,11-12H,4-5,7,10H2,1-3H3. The monoisotopic (exact) mass is 296 g/mol. The average Bonchev–Trinajstić information content (AvgIpc) is 2.75. The summed E-state index contributed by atoms with van der Waals surface area (Å²) >= 11 is 6.19. The van der Waals surface area contributed by atoms with Crippen LogP contribution in [0.1, 0.15) is 51.2 Å². The lowest BCUT2D eigenvalue weighted by Crippen LogP contribution is -2.05. The van der Waals surface area contributed by atoms with Gasteiger partial charge in [-0.3, -0.25) is 0 Å². The topological polar surface area (TPSA) is 17.8 Å². The maximum Gasteiger partial charge on any atom is 0.151 e. The van der Waals surface area contributed by atoms with E-state index in [0.717, 1.165) is 30.2 Å². The molecule has 1 heterocycles. The van der Waals surface area contributed by atoms with Gasteiger partial charge in [0.15, 0.2) is 5.82 Å². The number of hydrogen-bond donors (Lipinski definition) is 0. The van der Waals surface area contributed by atoms with E-state index in [1.54, 1.807) is 6.07 Å². The minimum Gasteiger partial charge on any atom is -0.327 e. The molecule has 20 heavy (non-hydrogen) atoms. The van der Waals surface area contributed by atoms with Crippen LogP contribution in [0.3, 0.4) is 0 Å². The molecular formula is C16H22ClFN2. The lowest BCUT2D eigenvalue weighted by atomic mass is 10.1. The van der Waals surface area contributed by atoms with E-state index >= 15 is 0 Å². The highest BCUT2D eigenvalue weighted by Gasteiger charge is 2.16. The first kappa shape index (κ1) is 15.3. The van der Waals surface area contributed by atoms with Crippen LogP contribution < -0.4 is 0 Å². The molecule has 1 atom stereocenters. The summed E-state index contributed by atoms with van der Waals surface area (Å²) in [6, 6.07) is 5.09. The van der Waals surface area contributed by atoms with Crippen LogP contribution in [0.5, 0.6) is 0 Å². The fourth-order valence-corrected chi connectivity index (χ4v) is 2.66. The number of benzene rings is 1. The van der Waals surface area contributed by atoms with E-state index < -0.39 is 0 Å². The maximum atomic E-state index is 13.8. The van der Waals surface area contributed by atoms with Gasteiger partial charge in [-0.1, -0.05) is 32.8 Å². The number of rotatable bonds is 6. The van der Waals surface area contributed by atoms with Crippen molar-refractivity contribution in [3.05, 3.63) is 29.8 Å². The summed E-state index contributed by atoms with van der Waals surface area (Å²) in [5.41, 5.74) is 1.27. The number of aromatic nitrogens is 2. The van der Waals surface area contributed by atoms with E-state index in [1.807, 2.05) is 13.0 Å². The lowest BCUT2D eigenvalue weighted by Gasteiger charge is -2.11. The van der Waals surface area contributed by atoms with Crippen LogP contribution in [0.15, 0.2) is 18.2 Å². The lowest BCUT2D eigenvalue weighted by molar-refractivity contribution is 0.507. The van der Waals surface area contributed by atoms with Crippen molar-refractivity contribution in [1.29, 1.82) is 0 Å². The Bertz CT molecular complexity index is 575. The number of imidazole rings is 1. The molecule has 1 aromatic carbocycles. The summed E-state index contributed by atoms with van der Waals surface area (Å²) in [6.45, 7) is 7.19. The van der Waals surface area contributed by atoms with Gasteiger partial charge in [-0.2, -0.15) is 0 Å². The molecule has 0 saturated heterocycles. The Morgan fingerprint density at radius 3 is 2.65 bits per heavy atom. The van der Waals surface area contributed by atoms with Gasteiger partial charge in [-0.05, 0) is 31.4 Å². The van der Waals surface area contributed by atoms with E-state index in [9.17, 15) is 4.39 Å². The van der Waals surface area contributed by atoms with E-state index in [2.05, 4.69) is 23.4 Å². The Morgan fingerprint density at radius 2 is 2.00 bits per heavy atom. The molecule has 0 radical (unpaired) electrons. The van der Waals surface area contributed by atoms with E-state index in [1.165, 1.54) is 18.9 Å². The summed E-state index contributed by atoms with van der Waals surface area (Å²) in [7, 11) is 0. The fraction of sp³-hybridized carbons (Fsp3) is 0.562. The molecule has 1 aromatic heterocycles. The Balaban J connectivity index is 2.25. The minimum absolute atomic E-state index is 0.216. The molecule has 0 bridgehead atoms. The van der Waals surface area contributed by atoms with E-state index in [4.69, 9.17) is 11.6 Å². The number of alkyl halides is 1. The molecule has 2 aromatic rings. The zero-order valence-electron chi connectivity index (χ0n) is 12.4. The second-order valence-corrected chi connectivity index (χ2v) is 6.39. The van der Waals surface area contributed by atoms with Crippen molar-refractivity contribution in [2.75, 3.05) is 0 Å². The number of nitrogens with zero attached hydrogens (tertiary/aromatic N) is 2. The quantitative estimate of drug-likeness (QED) is 0.522. The molecule has 0 aliphatic heterocycles. The molecule has 1 unspecified atom stereocenters. The van der Waals surface area contributed by atoms with Gasteiger partial charge >= 0.3 is 0 Å². The summed E-state index contributed by atoms with van der Waals surface area (Å²) in [5.74, 6) is 1.21. The molecule has 110 valence electrons. The second-order valence-electron chi connectivity index (χ2n) is 5.73. The minimum atomic E-state index is -0.276. The van der Waals surface area contributed by atoms with Crippen molar-refractivity contribution in [1.82, 2.24) is 9.55 Å². The SMILES string of the molecule is CC(C)CCCCn1c(C(C)Cl)nc2c(F)cccc21. The number of unbranched alkanes of at least 4 members (excludes halogenated alkanes) is 1. The highest BCUT2D eigenvalue weighted by atomic mass is 35.5. The van der Waals surface area contributed by atoms with Crippen LogP contribution in [0.25, 0.3) is 11.0 Å². The van der Waals surface area contributed by atoms with Crippen LogP contribution in [0, 0.1) is 11.7 Å². The van der Waals surface area contributed by atoms with Crippen molar-refractivity contribution in [2.24, 2.45) is 5.92 Å². The van der Waals surface area contributed by atoms with Crippen molar-refractivity contribution < 1.29 is 4.39 Å². The van der Waals surface area contributed by atoms with E-state index in [-0.39, 0.29) is 11.2 Å². The van der Waals surface area contributed by atoms with Gasteiger partial charge < -0.3 is 4.57 Å². The molecule has 0 aliphatic rings. The Kier molecular flexibility index (Phi) is 5.03. The number of para-hydroxylation sites is 1. The summed E-state index contributed by atoms with van der Waals surface area (Å²) in [4.78, 5) is 4.38. The molecular weight excluding hydrogens is 275 g/mol. The van der Waals surface area contributed by atoms with Gasteiger partial charge in [0.05, 0.1) is 10.9 Å².